The molecule has 0 atom stereocenters. The summed E-state index contributed by atoms with van der Waals surface area (Å²) in [5, 5.41) is 0. The van der Waals surface area contributed by atoms with Gasteiger partial charge in [-0.25, -0.2) is 0 Å². The van der Waals surface area contributed by atoms with Crippen LogP contribution in [0.1, 0.15) is 47.5 Å². The second-order valence-corrected chi connectivity index (χ2v) is 5.62. The zero-order valence-electron chi connectivity index (χ0n) is 10.3. The van der Waals surface area contributed by atoms with Crippen LogP contribution in [0.4, 0.5) is 0 Å². The van der Waals surface area contributed by atoms with E-state index in [1.165, 1.54) is 0 Å². The number of carbonyl (C=O) groups is 2. The molecule has 1 aliphatic carbocycles. The second-order valence-electron chi connectivity index (χ2n) is 5.62. The number of allylic oxidation sites excluding steroid dienone is 2. The first-order valence-electron chi connectivity index (χ1n) is 5.52. The van der Waals surface area contributed by atoms with Crippen LogP contribution in [-0.2, 0) is 9.59 Å². The van der Waals surface area contributed by atoms with Crippen molar-refractivity contribution in [2.75, 3.05) is 0 Å². The standard InChI is InChI=1S/C13H20O2/c1-8(2)12(15)11-9(3)6-13(4,5)7-10(11)14/h8H,6-7H2,1-5H3. The van der Waals surface area contributed by atoms with Gasteiger partial charge in [-0.15, -0.1) is 0 Å². The van der Waals surface area contributed by atoms with E-state index in [2.05, 4.69) is 13.8 Å². The van der Waals surface area contributed by atoms with Gasteiger partial charge in [-0.3, -0.25) is 9.59 Å². The SMILES string of the molecule is CC1=C(C(=O)C(C)C)C(=O)CC(C)(C)C1. The van der Waals surface area contributed by atoms with Crippen molar-refractivity contribution in [2.45, 2.75) is 47.5 Å². The van der Waals surface area contributed by atoms with Crippen molar-refractivity contribution >= 4 is 11.6 Å². The van der Waals surface area contributed by atoms with Crippen LogP contribution in [-0.4, -0.2) is 11.6 Å². The molecule has 2 heteroatoms. The van der Waals surface area contributed by atoms with E-state index >= 15 is 0 Å². The molecule has 0 spiro atoms. The summed E-state index contributed by atoms with van der Waals surface area (Å²) in [5.41, 5.74) is 1.46. The van der Waals surface area contributed by atoms with Gasteiger partial charge in [0.2, 0.25) is 0 Å². The predicted octanol–water partition coefficient (Wildman–Crippen LogP) is 2.92. The van der Waals surface area contributed by atoms with Crippen molar-refractivity contribution < 1.29 is 9.59 Å². The molecule has 0 radical (unpaired) electrons. The van der Waals surface area contributed by atoms with Crippen LogP contribution in [0, 0.1) is 11.3 Å². The fourth-order valence-corrected chi connectivity index (χ4v) is 2.27. The summed E-state index contributed by atoms with van der Waals surface area (Å²) in [6, 6.07) is 0. The average Bonchev–Trinajstić information content (AvgIpc) is 1.99. The molecule has 1 aliphatic rings. The third-order valence-corrected chi connectivity index (χ3v) is 2.86. The molecule has 0 aromatic heterocycles. The molecule has 0 saturated carbocycles. The lowest BCUT2D eigenvalue weighted by atomic mass is 9.72. The molecular weight excluding hydrogens is 188 g/mol. The second kappa shape index (κ2) is 3.92. The maximum atomic E-state index is 11.9. The zero-order valence-corrected chi connectivity index (χ0v) is 10.3. The summed E-state index contributed by atoms with van der Waals surface area (Å²) in [6.45, 7) is 9.75. The lowest BCUT2D eigenvalue weighted by Crippen LogP contribution is -2.30. The Morgan fingerprint density at radius 1 is 1.27 bits per heavy atom. The van der Waals surface area contributed by atoms with Crippen LogP contribution in [0.5, 0.6) is 0 Å². The highest BCUT2D eigenvalue weighted by molar-refractivity contribution is 6.21. The van der Waals surface area contributed by atoms with Gasteiger partial charge in [0.25, 0.3) is 0 Å². The first-order valence-corrected chi connectivity index (χ1v) is 5.52. The first-order chi connectivity index (χ1) is 6.74. The molecule has 0 amide bonds. The normalized spacial score (nSPS) is 21.1. The minimum absolute atomic E-state index is 0.00741. The highest BCUT2D eigenvalue weighted by atomic mass is 16.1. The lowest BCUT2D eigenvalue weighted by molar-refractivity contribution is -0.124. The maximum absolute atomic E-state index is 11.9. The zero-order chi connectivity index (χ0) is 11.8. The van der Waals surface area contributed by atoms with Crippen LogP contribution >= 0.6 is 0 Å². The van der Waals surface area contributed by atoms with E-state index in [9.17, 15) is 9.59 Å². The van der Waals surface area contributed by atoms with Crippen molar-refractivity contribution in [3.63, 3.8) is 0 Å². The van der Waals surface area contributed by atoms with Crippen molar-refractivity contribution in [1.29, 1.82) is 0 Å². The van der Waals surface area contributed by atoms with Gasteiger partial charge in [0.15, 0.2) is 11.6 Å². The molecule has 1 rings (SSSR count). The number of hydrogen-bond donors (Lipinski definition) is 0. The van der Waals surface area contributed by atoms with E-state index in [0.29, 0.717) is 12.0 Å². The van der Waals surface area contributed by atoms with Crippen molar-refractivity contribution in [3.8, 4) is 0 Å². The van der Waals surface area contributed by atoms with E-state index in [0.717, 1.165) is 12.0 Å². The molecule has 0 aromatic rings. The van der Waals surface area contributed by atoms with Gasteiger partial charge in [-0.1, -0.05) is 33.3 Å². The van der Waals surface area contributed by atoms with Crippen molar-refractivity contribution in [1.82, 2.24) is 0 Å². The molecule has 0 aliphatic heterocycles. The number of Topliss-reactive ketones (excluding diaryl/α,β-unsaturated/α-hetero) is 2. The Morgan fingerprint density at radius 2 is 1.80 bits per heavy atom. The van der Waals surface area contributed by atoms with E-state index in [4.69, 9.17) is 0 Å². The molecule has 0 bridgehead atoms. The lowest BCUT2D eigenvalue weighted by Gasteiger charge is -2.30. The van der Waals surface area contributed by atoms with Crippen LogP contribution in [0.3, 0.4) is 0 Å². The van der Waals surface area contributed by atoms with Gasteiger partial charge < -0.3 is 0 Å². The average molecular weight is 208 g/mol. The Bertz CT molecular complexity index is 332. The summed E-state index contributed by atoms with van der Waals surface area (Å²) < 4.78 is 0. The van der Waals surface area contributed by atoms with E-state index in [1.54, 1.807) is 0 Å². The molecular formula is C13H20O2. The number of ketones is 2. The summed E-state index contributed by atoms with van der Waals surface area (Å²) in [7, 11) is 0. The van der Waals surface area contributed by atoms with E-state index in [1.807, 2.05) is 20.8 Å². The van der Waals surface area contributed by atoms with Crippen molar-refractivity contribution in [2.24, 2.45) is 11.3 Å². The van der Waals surface area contributed by atoms with E-state index in [-0.39, 0.29) is 22.9 Å². The molecule has 0 heterocycles. The Labute approximate surface area is 91.7 Å². The molecule has 15 heavy (non-hydrogen) atoms. The number of rotatable bonds is 2. The first kappa shape index (κ1) is 12.2. The van der Waals surface area contributed by atoms with Crippen LogP contribution in [0.25, 0.3) is 0 Å². The molecule has 0 saturated heterocycles. The number of hydrogen-bond acceptors (Lipinski definition) is 2. The monoisotopic (exact) mass is 208 g/mol. The molecule has 0 N–H and O–H groups in total. The van der Waals surface area contributed by atoms with Crippen molar-refractivity contribution in [3.05, 3.63) is 11.1 Å². The minimum Gasteiger partial charge on any atom is -0.294 e. The van der Waals surface area contributed by atoms with Crippen LogP contribution in [0.2, 0.25) is 0 Å². The summed E-state index contributed by atoms with van der Waals surface area (Å²) in [4.78, 5) is 23.7. The molecule has 0 unspecified atom stereocenters. The quantitative estimate of drug-likeness (QED) is 0.654. The minimum atomic E-state index is -0.0832. The molecule has 0 aromatic carbocycles. The van der Waals surface area contributed by atoms with Crippen LogP contribution in [0.15, 0.2) is 11.1 Å². The molecule has 84 valence electrons. The maximum Gasteiger partial charge on any atom is 0.168 e. The van der Waals surface area contributed by atoms with Gasteiger partial charge >= 0.3 is 0 Å². The highest BCUT2D eigenvalue weighted by Crippen LogP contribution is 2.37. The predicted molar refractivity (Wildman–Crippen MR) is 60.6 cm³/mol. The van der Waals surface area contributed by atoms with Gasteiger partial charge in [0.05, 0.1) is 5.57 Å². The smallest absolute Gasteiger partial charge is 0.168 e. The Hall–Kier alpha value is -0.920. The van der Waals surface area contributed by atoms with Gasteiger partial charge in [0, 0.05) is 12.3 Å². The van der Waals surface area contributed by atoms with E-state index < -0.39 is 0 Å². The third kappa shape index (κ3) is 2.55. The Kier molecular flexibility index (Phi) is 3.17. The molecule has 2 nitrogen and oxygen atoms in total. The summed E-state index contributed by atoms with van der Waals surface area (Å²) in [6.07, 6.45) is 1.35. The van der Waals surface area contributed by atoms with Gasteiger partial charge in [-0.2, -0.15) is 0 Å². The Morgan fingerprint density at radius 3 is 2.20 bits per heavy atom. The topological polar surface area (TPSA) is 34.1 Å². The summed E-state index contributed by atoms with van der Waals surface area (Å²) >= 11 is 0. The molecule has 0 fully saturated rings. The Balaban J connectivity index is 3.08. The fraction of sp³-hybridized carbons (Fsp3) is 0.692. The highest BCUT2D eigenvalue weighted by Gasteiger charge is 2.34. The largest absolute Gasteiger partial charge is 0.294 e. The fourth-order valence-electron chi connectivity index (χ4n) is 2.27. The van der Waals surface area contributed by atoms with Crippen LogP contribution < -0.4 is 0 Å². The number of carbonyl (C=O) groups excluding carboxylic acids is 2. The van der Waals surface area contributed by atoms with Gasteiger partial charge in [0.1, 0.15) is 0 Å². The summed E-state index contributed by atoms with van der Waals surface area (Å²) in [5.74, 6) is -0.0458. The van der Waals surface area contributed by atoms with Gasteiger partial charge in [-0.05, 0) is 18.8 Å². The third-order valence-electron chi connectivity index (χ3n) is 2.86.